The van der Waals surface area contributed by atoms with Crippen molar-refractivity contribution in [2.45, 2.75) is 0 Å². The number of hydrogen-bond acceptors (Lipinski definition) is 4. The van der Waals surface area contributed by atoms with Gasteiger partial charge in [-0.25, -0.2) is 0 Å². The molecular weight excluding hydrogens is 406 g/mol. The van der Waals surface area contributed by atoms with Crippen molar-refractivity contribution in [1.29, 1.82) is 0 Å². The third kappa shape index (κ3) is 4.16. The monoisotopic (exact) mass is 425 g/mol. The molecule has 3 aromatic rings. The second-order valence-corrected chi connectivity index (χ2v) is 7.43. The molecule has 7 nitrogen and oxygen atoms in total. The summed E-state index contributed by atoms with van der Waals surface area (Å²) in [5.74, 6) is 0.0872. The Bertz CT molecular complexity index is 1140. The molecule has 2 heterocycles. The Morgan fingerprint density at radius 3 is 2.37 bits per heavy atom. The first kappa shape index (κ1) is 20.0. The van der Waals surface area contributed by atoms with E-state index in [1.54, 1.807) is 52.3 Å². The minimum Gasteiger partial charge on any atom is -0.484 e. The maximum Gasteiger partial charge on any atom is 0.260 e. The smallest absolute Gasteiger partial charge is 0.260 e. The fourth-order valence-corrected chi connectivity index (χ4v) is 3.55. The van der Waals surface area contributed by atoms with Gasteiger partial charge in [-0.1, -0.05) is 23.7 Å². The molecule has 0 unspecified atom stereocenters. The Labute approximate surface area is 177 Å². The number of nitrogens with zero attached hydrogens (tertiary/aromatic N) is 2. The van der Waals surface area contributed by atoms with Gasteiger partial charge < -0.3 is 19.5 Å². The molecule has 0 bridgehead atoms. The topological polar surface area (TPSA) is 82.7 Å². The summed E-state index contributed by atoms with van der Waals surface area (Å²) < 4.78 is 5.50. The molecule has 0 aliphatic carbocycles. The molecule has 30 heavy (non-hydrogen) atoms. The molecule has 1 fully saturated rings. The molecule has 1 saturated heterocycles. The van der Waals surface area contributed by atoms with E-state index in [-0.39, 0.29) is 29.4 Å². The van der Waals surface area contributed by atoms with Crippen LogP contribution >= 0.6 is 11.6 Å². The van der Waals surface area contributed by atoms with Gasteiger partial charge in [0.25, 0.3) is 11.8 Å². The van der Waals surface area contributed by atoms with Crippen molar-refractivity contribution in [1.82, 2.24) is 14.8 Å². The lowest BCUT2D eigenvalue weighted by molar-refractivity contribution is -0.134. The quantitative estimate of drug-likeness (QED) is 0.696. The van der Waals surface area contributed by atoms with E-state index in [4.69, 9.17) is 16.3 Å². The van der Waals surface area contributed by atoms with E-state index in [0.29, 0.717) is 47.9 Å². The van der Waals surface area contributed by atoms with Crippen molar-refractivity contribution in [2.24, 2.45) is 0 Å². The molecule has 2 amide bonds. The fraction of sp³-hybridized carbons (Fsp3) is 0.227. The molecule has 1 aliphatic heterocycles. The summed E-state index contributed by atoms with van der Waals surface area (Å²) in [6.45, 7) is 1.41. The van der Waals surface area contributed by atoms with E-state index in [2.05, 4.69) is 4.98 Å². The Kier molecular flexibility index (Phi) is 5.72. The number of halogens is 1. The summed E-state index contributed by atoms with van der Waals surface area (Å²) in [6, 6.07) is 13.9. The van der Waals surface area contributed by atoms with E-state index >= 15 is 0 Å². The lowest BCUT2D eigenvalue weighted by Crippen LogP contribution is -2.52. The van der Waals surface area contributed by atoms with Crippen LogP contribution in [0.5, 0.6) is 5.75 Å². The first-order valence-corrected chi connectivity index (χ1v) is 9.96. The van der Waals surface area contributed by atoms with Gasteiger partial charge in [0.1, 0.15) is 11.3 Å². The normalized spacial score (nSPS) is 14.0. The SMILES string of the molecule is O=C(COc1ccc(Cl)cc1)N1CCN(C(=O)c2c[nH]c3ccccc3c2=O)CC1. The molecule has 2 aromatic carbocycles. The highest BCUT2D eigenvalue weighted by molar-refractivity contribution is 6.30. The first-order chi connectivity index (χ1) is 14.5. The number of carbonyl (C=O) groups excluding carboxylic acids is 2. The van der Waals surface area contributed by atoms with Crippen LogP contribution < -0.4 is 10.2 Å². The summed E-state index contributed by atoms with van der Waals surface area (Å²) in [5.41, 5.74) is 0.513. The van der Waals surface area contributed by atoms with E-state index in [1.807, 2.05) is 6.07 Å². The molecule has 8 heteroatoms. The average molecular weight is 426 g/mol. The second-order valence-electron chi connectivity index (χ2n) is 6.99. The molecule has 0 spiro atoms. The minimum atomic E-state index is -0.327. The van der Waals surface area contributed by atoms with Crippen molar-refractivity contribution >= 4 is 34.3 Å². The van der Waals surface area contributed by atoms with Crippen LogP contribution in [-0.2, 0) is 4.79 Å². The number of carbonyl (C=O) groups is 2. The summed E-state index contributed by atoms with van der Waals surface area (Å²) in [7, 11) is 0. The molecular formula is C22H20ClN3O4. The van der Waals surface area contributed by atoms with Crippen molar-refractivity contribution < 1.29 is 14.3 Å². The largest absolute Gasteiger partial charge is 0.484 e. The van der Waals surface area contributed by atoms with E-state index in [0.717, 1.165) is 0 Å². The Balaban J connectivity index is 1.35. The third-order valence-corrected chi connectivity index (χ3v) is 5.37. The van der Waals surface area contributed by atoms with Crippen LogP contribution in [0, 0.1) is 0 Å². The number of amides is 2. The number of H-pyrrole nitrogens is 1. The molecule has 4 rings (SSSR count). The number of para-hydroxylation sites is 1. The highest BCUT2D eigenvalue weighted by atomic mass is 35.5. The van der Waals surface area contributed by atoms with Gasteiger partial charge in [-0.15, -0.1) is 0 Å². The highest BCUT2D eigenvalue weighted by Crippen LogP contribution is 2.16. The van der Waals surface area contributed by atoms with E-state index < -0.39 is 0 Å². The standard InChI is InChI=1S/C22H20ClN3O4/c23-15-5-7-16(8-6-15)30-14-20(27)25-9-11-26(12-10-25)22(29)18-13-24-19-4-2-1-3-17(19)21(18)28/h1-8,13H,9-12,14H2,(H,24,28). The highest BCUT2D eigenvalue weighted by Gasteiger charge is 2.26. The van der Waals surface area contributed by atoms with Gasteiger partial charge in [0.05, 0.1) is 0 Å². The van der Waals surface area contributed by atoms with Crippen LogP contribution in [-0.4, -0.2) is 59.4 Å². The molecule has 1 aliphatic rings. The average Bonchev–Trinajstić information content (AvgIpc) is 2.78. The van der Waals surface area contributed by atoms with Crippen LogP contribution in [0.2, 0.25) is 5.02 Å². The predicted octanol–water partition coefficient (Wildman–Crippen LogP) is 2.54. The van der Waals surface area contributed by atoms with Crippen LogP contribution in [0.4, 0.5) is 0 Å². The van der Waals surface area contributed by atoms with Crippen LogP contribution in [0.1, 0.15) is 10.4 Å². The van der Waals surface area contributed by atoms with Crippen LogP contribution in [0.15, 0.2) is 59.5 Å². The zero-order valence-corrected chi connectivity index (χ0v) is 16.9. The number of benzene rings is 2. The summed E-state index contributed by atoms with van der Waals surface area (Å²) >= 11 is 5.83. The summed E-state index contributed by atoms with van der Waals surface area (Å²) in [4.78, 5) is 44.2. The summed E-state index contributed by atoms with van der Waals surface area (Å²) in [5, 5.41) is 1.08. The summed E-state index contributed by atoms with van der Waals surface area (Å²) in [6.07, 6.45) is 1.46. The first-order valence-electron chi connectivity index (χ1n) is 9.59. The number of piperazine rings is 1. The van der Waals surface area contributed by atoms with Crippen LogP contribution in [0.3, 0.4) is 0 Å². The van der Waals surface area contributed by atoms with Crippen LogP contribution in [0.25, 0.3) is 10.9 Å². The number of hydrogen-bond donors (Lipinski definition) is 1. The maximum absolute atomic E-state index is 12.8. The maximum atomic E-state index is 12.8. The number of pyridine rings is 1. The molecule has 0 saturated carbocycles. The van der Waals surface area contributed by atoms with E-state index in [1.165, 1.54) is 6.20 Å². The molecule has 154 valence electrons. The van der Waals surface area contributed by atoms with Gasteiger partial charge in [-0.3, -0.25) is 14.4 Å². The number of aromatic amines is 1. The van der Waals surface area contributed by atoms with Crippen molar-refractivity contribution in [3.8, 4) is 5.75 Å². The predicted molar refractivity (Wildman–Crippen MR) is 114 cm³/mol. The second kappa shape index (κ2) is 8.59. The molecule has 0 radical (unpaired) electrons. The van der Waals surface area contributed by atoms with Crippen molar-refractivity contribution in [2.75, 3.05) is 32.8 Å². The number of aromatic nitrogens is 1. The Hall–Kier alpha value is -3.32. The lowest BCUT2D eigenvalue weighted by atomic mass is 10.1. The minimum absolute atomic E-state index is 0.0834. The Morgan fingerprint density at radius 2 is 1.63 bits per heavy atom. The van der Waals surface area contributed by atoms with E-state index in [9.17, 15) is 14.4 Å². The van der Waals surface area contributed by atoms with Crippen molar-refractivity contribution in [3.63, 3.8) is 0 Å². The third-order valence-electron chi connectivity index (χ3n) is 5.11. The number of ether oxygens (including phenoxy) is 1. The Morgan fingerprint density at radius 1 is 0.967 bits per heavy atom. The van der Waals surface area contributed by atoms with Crippen molar-refractivity contribution in [3.05, 3.63) is 75.5 Å². The van der Waals surface area contributed by atoms with Gasteiger partial charge in [-0.2, -0.15) is 0 Å². The fourth-order valence-electron chi connectivity index (χ4n) is 3.42. The van der Waals surface area contributed by atoms with Gasteiger partial charge in [0, 0.05) is 48.3 Å². The van der Waals surface area contributed by atoms with Gasteiger partial charge in [0.15, 0.2) is 6.61 Å². The molecule has 1 aromatic heterocycles. The molecule has 0 atom stereocenters. The van der Waals surface area contributed by atoms with Gasteiger partial charge in [-0.05, 0) is 36.4 Å². The van der Waals surface area contributed by atoms with Gasteiger partial charge in [0.2, 0.25) is 5.43 Å². The molecule has 1 N–H and O–H groups in total. The number of rotatable bonds is 4. The van der Waals surface area contributed by atoms with Gasteiger partial charge >= 0.3 is 0 Å². The zero-order chi connectivity index (χ0) is 21.1. The zero-order valence-electron chi connectivity index (χ0n) is 16.1. The number of fused-ring (bicyclic) bond motifs is 1. The number of nitrogens with one attached hydrogen (secondary N) is 1. The lowest BCUT2D eigenvalue weighted by Gasteiger charge is -2.34.